The lowest BCUT2D eigenvalue weighted by atomic mass is 10.2. The molecule has 102 valence electrons. The summed E-state index contributed by atoms with van der Waals surface area (Å²) in [5.74, 6) is 0. The van der Waals surface area contributed by atoms with Crippen LogP contribution in [-0.4, -0.2) is 25.2 Å². The average molecular weight is 288 g/mol. The van der Waals surface area contributed by atoms with Crippen molar-refractivity contribution in [3.63, 3.8) is 0 Å². The summed E-state index contributed by atoms with van der Waals surface area (Å²) in [4.78, 5) is 8.35. The van der Waals surface area contributed by atoms with Gasteiger partial charge in [-0.25, -0.2) is 13.4 Å². The van der Waals surface area contributed by atoms with Gasteiger partial charge >= 0.3 is 0 Å². The van der Waals surface area contributed by atoms with Crippen molar-refractivity contribution in [3.05, 3.63) is 60.4 Å². The Balaban J connectivity index is 1.99. The van der Waals surface area contributed by atoms with Crippen molar-refractivity contribution >= 4 is 16.2 Å². The summed E-state index contributed by atoms with van der Waals surface area (Å²) >= 11 is 0. The third-order valence-electron chi connectivity index (χ3n) is 3.04. The molecule has 1 aliphatic rings. The molecule has 0 saturated heterocycles. The Hall–Kier alpha value is -2.21. The van der Waals surface area contributed by atoms with Crippen molar-refractivity contribution in [2.24, 2.45) is 4.99 Å². The Labute approximate surface area is 116 Å². The van der Waals surface area contributed by atoms with Crippen molar-refractivity contribution in [2.45, 2.75) is 16.4 Å². The molecule has 3 rings (SSSR count). The smallest absolute Gasteiger partial charge is 0.205 e. The molecule has 0 fully saturated rings. The average Bonchev–Trinajstić information content (AvgIpc) is 2.99. The molecule has 0 N–H and O–H groups in total. The predicted molar refractivity (Wildman–Crippen MR) is 74.0 cm³/mol. The Morgan fingerprint density at radius 1 is 1.00 bits per heavy atom. The molecule has 6 heteroatoms. The number of nitrogens with zero attached hydrogens (tertiary/aromatic N) is 2. The van der Waals surface area contributed by atoms with Crippen LogP contribution in [0.15, 0.2) is 64.6 Å². The normalized spacial score (nSPS) is 21.6. The van der Waals surface area contributed by atoms with Gasteiger partial charge in [-0.2, -0.15) is 0 Å². The van der Waals surface area contributed by atoms with Gasteiger partial charge < -0.3 is 4.74 Å². The van der Waals surface area contributed by atoms with E-state index in [1.54, 1.807) is 54.7 Å². The van der Waals surface area contributed by atoms with Crippen molar-refractivity contribution in [1.82, 2.24) is 4.98 Å². The molecular weight excluding hydrogens is 276 g/mol. The van der Waals surface area contributed by atoms with Gasteiger partial charge in [-0.15, -0.1) is 0 Å². The van der Waals surface area contributed by atoms with E-state index in [2.05, 4.69) is 9.98 Å². The molecule has 2 aromatic rings. The molecule has 0 amide bonds. The molecule has 2 heterocycles. The maximum Gasteiger partial charge on any atom is 0.205 e. The highest BCUT2D eigenvalue weighted by molar-refractivity contribution is 7.92. The second-order valence-corrected chi connectivity index (χ2v) is 6.36. The monoisotopic (exact) mass is 288 g/mol. The first-order chi connectivity index (χ1) is 9.69. The molecule has 0 spiro atoms. The fourth-order valence-corrected chi connectivity index (χ4v) is 3.61. The Kier molecular flexibility index (Phi) is 3.23. The number of aromatic nitrogens is 1. The van der Waals surface area contributed by atoms with Gasteiger partial charge in [-0.05, 0) is 24.3 Å². The first-order valence-electron chi connectivity index (χ1n) is 6.06. The van der Waals surface area contributed by atoms with Crippen LogP contribution in [0.1, 0.15) is 11.8 Å². The number of ether oxygens (including phenoxy) is 1. The van der Waals surface area contributed by atoms with Crippen molar-refractivity contribution in [3.8, 4) is 0 Å². The fourth-order valence-electron chi connectivity index (χ4n) is 2.06. The standard InChI is InChI=1S/C14H12N2O3S/c17-20(18,11-6-2-1-3-7-11)14-13(19-10-16-14)12-8-4-5-9-15-12/h1-10,13-14H. The first kappa shape index (κ1) is 12.8. The summed E-state index contributed by atoms with van der Waals surface area (Å²) in [6.07, 6.45) is 2.08. The fraction of sp³-hybridized carbons (Fsp3) is 0.143. The Bertz CT molecular complexity index is 715. The zero-order valence-corrected chi connectivity index (χ0v) is 11.3. The number of hydrogen-bond acceptors (Lipinski definition) is 5. The van der Waals surface area contributed by atoms with E-state index in [1.807, 2.05) is 0 Å². The number of benzene rings is 1. The zero-order chi connectivity index (χ0) is 14.0. The third-order valence-corrected chi connectivity index (χ3v) is 4.98. The second-order valence-electron chi connectivity index (χ2n) is 4.31. The van der Waals surface area contributed by atoms with Crippen LogP contribution in [0.25, 0.3) is 0 Å². The molecule has 0 saturated carbocycles. The topological polar surface area (TPSA) is 68.6 Å². The molecule has 2 unspecified atom stereocenters. The Morgan fingerprint density at radius 2 is 1.75 bits per heavy atom. The van der Waals surface area contributed by atoms with Gasteiger partial charge in [0.05, 0.1) is 10.6 Å². The minimum absolute atomic E-state index is 0.230. The van der Waals surface area contributed by atoms with Crippen LogP contribution in [-0.2, 0) is 14.6 Å². The van der Waals surface area contributed by atoms with Crippen molar-refractivity contribution in [2.75, 3.05) is 0 Å². The van der Waals surface area contributed by atoms with E-state index >= 15 is 0 Å². The van der Waals surface area contributed by atoms with E-state index in [0.717, 1.165) is 0 Å². The Morgan fingerprint density at radius 3 is 2.45 bits per heavy atom. The van der Waals surface area contributed by atoms with E-state index in [-0.39, 0.29) is 4.90 Å². The lowest BCUT2D eigenvalue weighted by Gasteiger charge is -2.17. The van der Waals surface area contributed by atoms with Gasteiger partial charge in [0.15, 0.2) is 12.5 Å². The summed E-state index contributed by atoms with van der Waals surface area (Å²) < 4.78 is 30.5. The van der Waals surface area contributed by atoms with Crippen molar-refractivity contribution in [1.29, 1.82) is 0 Å². The SMILES string of the molecule is O=S(=O)(c1ccccc1)C1N=COC1c1ccccn1. The van der Waals surface area contributed by atoms with Gasteiger partial charge in [0.25, 0.3) is 0 Å². The highest BCUT2D eigenvalue weighted by Gasteiger charge is 2.40. The van der Waals surface area contributed by atoms with E-state index in [1.165, 1.54) is 6.40 Å². The third kappa shape index (κ3) is 2.18. The molecule has 1 aromatic heterocycles. The maximum atomic E-state index is 12.6. The van der Waals surface area contributed by atoms with Crippen LogP contribution < -0.4 is 0 Å². The highest BCUT2D eigenvalue weighted by atomic mass is 32.2. The van der Waals surface area contributed by atoms with Crippen molar-refractivity contribution < 1.29 is 13.2 Å². The molecule has 1 aliphatic heterocycles. The molecule has 0 radical (unpaired) electrons. The van der Waals surface area contributed by atoms with Crippen LogP contribution in [0, 0.1) is 0 Å². The van der Waals surface area contributed by atoms with Crippen LogP contribution in [0.5, 0.6) is 0 Å². The van der Waals surface area contributed by atoms with Crippen LogP contribution in [0.4, 0.5) is 0 Å². The van der Waals surface area contributed by atoms with Crippen LogP contribution in [0.2, 0.25) is 0 Å². The van der Waals surface area contributed by atoms with E-state index in [0.29, 0.717) is 5.69 Å². The lowest BCUT2D eigenvalue weighted by Crippen LogP contribution is -2.25. The molecule has 0 aliphatic carbocycles. The molecule has 0 bridgehead atoms. The van der Waals surface area contributed by atoms with Gasteiger partial charge in [-0.3, -0.25) is 4.98 Å². The van der Waals surface area contributed by atoms with Crippen LogP contribution in [0.3, 0.4) is 0 Å². The minimum Gasteiger partial charge on any atom is -0.471 e. The van der Waals surface area contributed by atoms with E-state index < -0.39 is 21.3 Å². The first-order valence-corrected chi connectivity index (χ1v) is 7.61. The van der Waals surface area contributed by atoms with E-state index in [9.17, 15) is 8.42 Å². The molecule has 1 aromatic carbocycles. The number of sulfone groups is 1. The summed E-state index contributed by atoms with van der Waals surface area (Å²) in [7, 11) is -3.60. The number of aliphatic imine (C=N–C) groups is 1. The molecule has 2 atom stereocenters. The summed E-state index contributed by atoms with van der Waals surface area (Å²) in [5, 5.41) is -1.00. The lowest BCUT2D eigenvalue weighted by molar-refractivity contribution is 0.222. The highest BCUT2D eigenvalue weighted by Crippen LogP contribution is 2.32. The molecular formula is C14H12N2O3S. The maximum absolute atomic E-state index is 12.6. The van der Waals surface area contributed by atoms with Crippen LogP contribution >= 0.6 is 0 Å². The predicted octanol–water partition coefficient (Wildman–Crippen LogP) is 1.98. The quantitative estimate of drug-likeness (QED) is 0.866. The van der Waals surface area contributed by atoms with Gasteiger partial charge in [-0.1, -0.05) is 24.3 Å². The zero-order valence-electron chi connectivity index (χ0n) is 10.5. The second kappa shape index (κ2) is 5.05. The minimum atomic E-state index is -3.60. The summed E-state index contributed by atoms with van der Waals surface area (Å²) in [6, 6.07) is 13.5. The number of hydrogen-bond donors (Lipinski definition) is 0. The largest absolute Gasteiger partial charge is 0.471 e. The van der Waals surface area contributed by atoms with Gasteiger partial charge in [0.2, 0.25) is 15.2 Å². The number of rotatable bonds is 3. The molecule has 20 heavy (non-hydrogen) atoms. The number of pyridine rings is 1. The van der Waals surface area contributed by atoms with Gasteiger partial charge in [0, 0.05) is 6.20 Å². The van der Waals surface area contributed by atoms with E-state index in [4.69, 9.17) is 4.74 Å². The van der Waals surface area contributed by atoms with Gasteiger partial charge in [0.1, 0.15) is 0 Å². The summed E-state index contributed by atoms with van der Waals surface area (Å²) in [5.41, 5.74) is 0.550. The summed E-state index contributed by atoms with van der Waals surface area (Å²) in [6.45, 7) is 0. The molecule has 5 nitrogen and oxygen atoms in total.